The Hall–Kier alpha value is -4.08. The van der Waals surface area contributed by atoms with Crippen molar-refractivity contribution in [1.82, 2.24) is 15.2 Å². The van der Waals surface area contributed by atoms with Crippen LogP contribution in [0.3, 0.4) is 0 Å². The summed E-state index contributed by atoms with van der Waals surface area (Å²) >= 11 is 0. The molecular weight excluding hydrogens is 411 g/mol. The monoisotopic (exact) mass is 427 g/mol. The fourth-order valence-corrected chi connectivity index (χ4v) is 3.04. The van der Waals surface area contributed by atoms with E-state index < -0.39 is 17.6 Å². The lowest BCUT2D eigenvalue weighted by Crippen LogP contribution is -2.15. The van der Waals surface area contributed by atoms with E-state index in [0.717, 1.165) is 30.1 Å². The number of aromatic nitrogens is 3. The SMILES string of the molecule is COc1cc(NC(=O)c2cccnc2Nc2ccc3cn[nH]c3c2)ccc1C(F)(F)F. The van der Waals surface area contributed by atoms with E-state index >= 15 is 0 Å². The number of hydrogen-bond donors (Lipinski definition) is 3. The van der Waals surface area contributed by atoms with Crippen LogP contribution in [-0.4, -0.2) is 28.2 Å². The molecule has 0 bridgehead atoms. The van der Waals surface area contributed by atoms with Crippen LogP contribution in [0.4, 0.5) is 30.4 Å². The van der Waals surface area contributed by atoms with Crippen LogP contribution in [0.2, 0.25) is 0 Å². The van der Waals surface area contributed by atoms with Crippen molar-refractivity contribution in [3.05, 3.63) is 72.1 Å². The minimum atomic E-state index is -4.57. The zero-order valence-corrected chi connectivity index (χ0v) is 16.1. The molecule has 158 valence electrons. The summed E-state index contributed by atoms with van der Waals surface area (Å²) in [7, 11) is 1.13. The first-order valence-electron chi connectivity index (χ1n) is 9.07. The molecule has 4 aromatic rings. The number of halogens is 3. The number of pyridine rings is 1. The van der Waals surface area contributed by atoms with Crippen molar-refractivity contribution in [2.75, 3.05) is 17.7 Å². The smallest absolute Gasteiger partial charge is 0.419 e. The molecule has 0 fully saturated rings. The van der Waals surface area contributed by atoms with Gasteiger partial charge in [-0.25, -0.2) is 4.98 Å². The van der Waals surface area contributed by atoms with E-state index in [-0.39, 0.29) is 22.8 Å². The van der Waals surface area contributed by atoms with Gasteiger partial charge in [-0.05, 0) is 42.5 Å². The number of carbonyl (C=O) groups excluding carboxylic acids is 1. The average Bonchev–Trinajstić information content (AvgIpc) is 3.21. The van der Waals surface area contributed by atoms with Crippen molar-refractivity contribution in [1.29, 1.82) is 0 Å². The summed E-state index contributed by atoms with van der Waals surface area (Å²) in [5.41, 5.74) is 0.935. The zero-order chi connectivity index (χ0) is 22.0. The summed E-state index contributed by atoms with van der Waals surface area (Å²) < 4.78 is 44.0. The fraction of sp³-hybridized carbons (Fsp3) is 0.0952. The third kappa shape index (κ3) is 4.27. The van der Waals surface area contributed by atoms with Gasteiger partial charge in [-0.2, -0.15) is 18.3 Å². The molecule has 0 unspecified atom stereocenters. The number of methoxy groups -OCH3 is 1. The molecule has 7 nitrogen and oxygen atoms in total. The van der Waals surface area contributed by atoms with Gasteiger partial charge < -0.3 is 15.4 Å². The number of alkyl halides is 3. The Balaban J connectivity index is 1.58. The van der Waals surface area contributed by atoms with Crippen LogP contribution in [0.25, 0.3) is 10.9 Å². The molecule has 0 saturated heterocycles. The lowest BCUT2D eigenvalue weighted by atomic mass is 10.1. The van der Waals surface area contributed by atoms with Crippen LogP contribution in [0.1, 0.15) is 15.9 Å². The number of ether oxygens (including phenoxy) is 1. The average molecular weight is 427 g/mol. The first-order chi connectivity index (χ1) is 14.8. The van der Waals surface area contributed by atoms with E-state index in [2.05, 4.69) is 25.8 Å². The number of amides is 1. The molecule has 0 aliphatic carbocycles. The maximum absolute atomic E-state index is 13.0. The summed E-state index contributed by atoms with van der Waals surface area (Å²) in [5, 5.41) is 13.4. The second-order valence-electron chi connectivity index (χ2n) is 6.56. The van der Waals surface area contributed by atoms with Crippen LogP contribution < -0.4 is 15.4 Å². The molecule has 2 aromatic carbocycles. The Kier molecular flexibility index (Phi) is 5.20. The Bertz CT molecular complexity index is 1250. The minimum absolute atomic E-state index is 0.156. The number of hydrogen-bond acceptors (Lipinski definition) is 5. The number of fused-ring (bicyclic) bond motifs is 1. The van der Waals surface area contributed by atoms with Crippen LogP contribution in [0, 0.1) is 0 Å². The van der Waals surface area contributed by atoms with Gasteiger partial charge in [-0.1, -0.05) is 0 Å². The van der Waals surface area contributed by atoms with Crippen molar-refractivity contribution in [3.63, 3.8) is 0 Å². The number of carbonyl (C=O) groups is 1. The number of H-pyrrole nitrogens is 1. The summed E-state index contributed by atoms with van der Waals surface area (Å²) in [6, 6.07) is 11.8. The number of aromatic amines is 1. The van der Waals surface area contributed by atoms with Gasteiger partial charge in [0.1, 0.15) is 11.6 Å². The Morgan fingerprint density at radius 3 is 2.68 bits per heavy atom. The predicted molar refractivity (Wildman–Crippen MR) is 110 cm³/mol. The molecule has 2 heterocycles. The summed E-state index contributed by atoms with van der Waals surface area (Å²) in [5.74, 6) is -0.638. The number of benzene rings is 2. The molecule has 0 saturated carbocycles. The van der Waals surface area contributed by atoms with Crippen LogP contribution in [-0.2, 0) is 6.18 Å². The molecule has 0 aliphatic rings. The third-order valence-corrected chi connectivity index (χ3v) is 4.52. The lowest BCUT2D eigenvalue weighted by Gasteiger charge is -2.14. The highest BCUT2D eigenvalue weighted by Gasteiger charge is 2.34. The second kappa shape index (κ2) is 7.98. The van der Waals surface area contributed by atoms with Gasteiger partial charge >= 0.3 is 6.18 Å². The number of rotatable bonds is 5. The molecule has 0 spiro atoms. The normalized spacial score (nSPS) is 11.4. The van der Waals surface area contributed by atoms with E-state index in [1.807, 2.05) is 18.2 Å². The molecule has 10 heteroatoms. The Morgan fingerprint density at radius 2 is 1.90 bits per heavy atom. The van der Waals surface area contributed by atoms with Crippen molar-refractivity contribution < 1.29 is 22.7 Å². The molecule has 4 rings (SSSR count). The third-order valence-electron chi connectivity index (χ3n) is 4.52. The molecule has 0 aliphatic heterocycles. The van der Waals surface area contributed by atoms with Crippen molar-refractivity contribution in [3.8, 4) is 5.75 Å². The van der Waals surface area contributed by atoms with Crippen LogP contribution in [0.5, 0.6) is 5.75 Å². The van der Waals surface area contributed by atoms with Gasteiger partial charge in [0.15, 0.2) is 0 Å². The quantitative estimate of drug-likeness (QED) is 0.418. The van der Waals surface area contributed by atoms with Crippen molar-refractivity contribution in [2.24, 2.45) is 0 Å². The molecule has 1 amide bonds. The van der Waals surface area contributed by atoms with Gasteiger partial charge in [0.2, 0.25) is 0 Å². The van der Waals surface area contributed by atoms with Gasteiger partial charge in [0.05, 0.1) is 30.0 Å². The molecule has 3 N–H and O–H groups in total. The zero-order valence-electron chi connectivity index (χ0n) is 16.1. The Labute approximate surface area is 174 Å². The molecule has 31 heavy (non-hydrogen) atoms. The molecule has 0 radical (unpaired) electrons. The van der Waals surface area contributed by atoms with Gasteiger partial charge in [-0.15, -0.1) is 0 Å². The second-order valence-corrected chi connectivity index (χ2v) is 6.56. The maximum Gasteiger partial charge on any atom is 0.419 e. The van der Waals surface area contributed by atoms with E-state index in [4.69, 9.17) is 4.74 Å². The predicted octanol–water partition coefficient (Wildman–Crippen LogP) is 4.98. The van der Waals surface area contributed by atoms with Gasteiger partial charge in [0.25, 0.3) is 5.91 Å². The number of nitrogens with one attached hydrogen (secondary N) is 3. The van der Waals surface area contributed by atoms with Gasteiger partial charge in [-0.3, -0.25) is 9.89 Å². The fourth-order valence-electron chi connectivity index (χ4n) is 3.04. The van der Waals surface area contributed by atoms with Crippen LogP contribution >= 0.6 is 0 Å². The van der Waals surface area contributed by atoms with Gasteiger partial charge in [0, 0.05) is 29.0 Å². The molecular formula is C21H16F3N5O2. The topological polar surface area (TPSA) is 91.9 Å². The van der Waals surface area contributed by atoms with Crippen LogP contribution in [0.15, 0.2) is 60.9 Å². The lowest BCUT2D eigenvalue weighted by molar-refractivity contribution is -0.138. The largest absolute Gasteiger partial charge is 0.496 e. The highest BCUT2D eigenvalue weighted by atomic mass is 19.4. The highest BCUT2D eigenvalue weighted by molar-refractivity contribution is 6.08. The van der Waals surface area contributed by atoms with Crippen molar-refractivity contribution >= 4 is 34.0 Å². The maximum atomic E-state index is 13.0. The van der Waals surface area contributed by atoms with E-state index in [1.165, 1.54) is 12.3 Å². The Morgan fingerprint density at radius 1 is 1.10 bits per heavy atom. The molecule has 2 aromatic heterocycles. The summed E-state index contributed by atoms with van der Waals surface area (Å²) in [6.45, 7) is 0. The standard InChI is InChI=1S/C21H16F3N5O2/c1-31-18-10-14(6-7-16(18)21(22,23)24)28-20(30)15-3-2-8-25-19(15)27-13-5-4-12-11-26-29-17(12)9-13/h2-11H,1H3,(H,25,27)(H,26,29)(H,28,30). The summed E-state index contributed by atoms with van der Waals surface area (Å²) in [4.78, 5) is 17.0. The number of nitrogens with zero attached hydrogens (tertiary/aromatic N) is 2. The first-order valence-corrected chi connectivity index (χ1v) is 9.07. The number of anilines is 3. The summed E-state index contributed by atoms with van der Waals surface area (Å²) in [6.07, 6.45) is -1.35. The molecule has 0 atom stereocenters. The minimum Gasteiger partial charge on any atom is -0.496 e. The van der Waals surface area contributed by atoms with E-state index in [0.29, 0.717) is 5.69 Å². The van der Waals surface area contributed by atoms with E-state index in [9.17, 15) is 18.0 Å². The van der Waals surface area contributed by atoms with E-state index in [1.54, 1.807) is 18.3 Å². The van der Waals surface area contributed by atoms with Crippen molar-refractivity contribution in [2.45, 2.75) is 6.18 Å². The highest BCUT2D eigenvalue weighted by Crippen LogP contribution is 2.37. The first kappa shape index (κ1) is 20.2.